The Balaban J connectivity index is 1.88. The number of halogens is 3. The Labute approximate surface area is 155 Å². The summed E-state index contributed by atoms with van der Waals surface area (Å²) in [5, 5.41) is 0. The van der Waals surface area contributed by atoms with Gasteiger partial charge in [0.15, 0.2) is 0 Å². The average Bonchev–Trinajstić information content (AvgIpc) is 2.64. The van der Waals surface area contributed by atoms with Gasteiger partial charge in [-0.25, -0.2) is 4.90 Å². The highest BCUT2D eigenvalue weighted by Crippen LogP contribution is 2.32. The van der Waals surface area contributed by atoms with Crippen molar-refractivity contribution >= 4 is 23.0 Å². The number of nitrogens with zero attached hydrogens (tertiary/aromatic N) is 2. The highest BCUT2D eigenvalue weighted by Gasteiger charge is 2.42. The second-order valence-corrected chi connectivity index (χ2v) is 6.30. The summed E-state index contributed by atoms with van der Waals surface area (Å²) in [5.41, 5.74) is 7.03. The van der Waals surface area contributed by atoms with Crippen LogP contribution in [-0.4, -0.2) is 38.5 Å². The molecule has 3 rings (SSSR count). The molecule has 1 heterocycles. The van der Waals surface area contributed by atoms with Crippen LogP contribution in [0.4, 0.5) is 30.2 Å². The summed E-state index contributed by atoms with van der Waals surface area (Å²) in [7, 11) is 0. The second-order valence-electron chi connectivity index (χ2n) is 6.30. The molecule has 0 bridgehead atoms. The minimum atomic E-state index is -4.87. The van der Waals surface area contributed by atoms with Crippen LogP contribution in [0.25, 0.3) is 0 Å². The molecule has 1 aliphatic heterocycles. The Hall–Kier alpha value is -2.74. The molecule has 2 aromatic rings. The molecule has 0 unspecified atom stereocenters. The van der Waals surface area contributed by atoms with Crippen molar-refractivity contribution in [3.05, 3.63) is 53.6 Å². The summed E-state index contributed by atoms with van der Waals surface area (Å²) < 4.78 is 46.0. The average molecular weight is 379 g/mol. The molecule has 2 aromatic carbocycles. The lowest BCUT2D eigenvalue weighted by Crippen LogP contribution is -2.43. The van der Waals surface area contributed by atoms with Gasteiger partial charge in [-0.05, 0) is 48.9 Å². The molecule has 0 radical (unpaired) electrons. The quantitative estimate of drug-likeness (QED) is 0.654. The first kappa shape index (κ1) is 19.0. The first-order chi connectivity index (χ1) is 12.8. The number of nitrogens with two attached hydrogens (primary N) is 1. The molecule has 0 spiro atoms. The van der Waals surface area contributed by atoms with E-state index in [4.69, 9.17) is 10.5 Å². The van der Waals surface area contributed by atoms with Crippen LogP contribution in [0.15, 0.2) is 42.5 Å². The molecule has 0 aromatic heterocycles. The van der Waals surface area contributed by atoms with E-state index in [2.05, 4.69) is 4.90 Å². The molecule has 0 aliphatic carbocycles. The number of hydrogen-bond acceptors (Lipinski definition) is 4. The Morgan fingerprint density at radius 2 is 1.74 bits per heavy atom. The van der Waals surface area contributed by atoms with Crippen molar-refractivity contribution in [3.8, 4) is 0 Å². The number of anilines is 3. The van der Waals surface area contributed by atoms with Crippen LogP contribution in [0.3, 0.4) is 0 Å². The SMILES string of the molecule is Cc1ccc(N(C(=O)c2ccc(N3CCOCC3)cc2)C(F)(F)F)cc1N. The van der Waals surface area contributed by atoms with Crippen molar-refractivity contribution in [2.75, 3.05) is 41.8 Å². The summed E-state index contributed by atoms with van der Waals surface area (Å²) in [6, 6.07) is 9.96. The zero-order valence-corrected chi connectivity index (χ0v) is 14.8. The van der Waals surface area contributed by atoms with E-state index in [0.717, 1.165) is 11.8 Å². The fourth-order valence-corrected chi connectivity index (χ4v) is 2.91. The lowest BCUT2D eigenvalue weighted by molar-refractivity contribution is -0.122. The molecule has 0 saturated carbocycles. The highest BCUT2D eigenvalue weighted by atomic mass is 19.4. The van der Waals surface area contributed by atoms with Crippen molar-refractivity contribution in [1.29, 1.82) is 0 Å². The van der Waals surface area contributed by atoms with Gasteiger partial charge in [0.25, 0.3) is 5.91 Å². The van der Waals surface area contributed by atoms with Gasteiger partial charge in [-0.2, -0.15) is 0 Å². The first-order valence-corrected chi connectivity index (χ1v) is 8.47. The van der Waals surface area contributed by atoms with E-state index in [-0.39, 0.29) is 21.8 Å². The smallest absolute Gasteiger partial charge is 0.398 e. The van der Waals surface area contributed by atoms with E-state index in [0.29, 0.717) is 31.9 Å². The number of alkyl halides is 3. The number of morpholine rings is 1. The minimum absolute atomic E-state index is 0.0523. The van der Waals surface area contributed by atoms with Crippen LogP contribution in [0.1, 0.15) is 15.9 Å². The third-order valence-corrected chi connectivity index (χ3v) is 4.47. The summed E-state index contributed by atoms with van der Waals surface area (Å²) in [4.78, 5) is 14.5. The monoisotopic (exact) mass is 379 g/mol. The van der Waals surface area contributed by atoms with Crippen LogP contribution in [0, 0.1) is 6.92 Å². The molecule has 5 nitrogen and oxygen atoms in total. The lowest BCUT2D eigenvalue weighted by atomic mass is 10.1. The number of nitrogen functional groups attached to an aromatic ring is 1. The van der Waals surface area contributed by atoms with Gasteiger partial charge in [-0.15, -0.1) is 13.2 Å². The predicted molar refractivity (Wildman–Crippen MR) is 97.9 cm³/mol. The summed E-state index contributed by atoms with van der Waals surface area (Å²) in [5.74, 6) is -1.15. The topological polar surface area (TPSA) is 58.8 Å². The molecule has 1 amide bonds. The molecular formula is C19H20F3N3O2. The Morgan fingerprint density at radius 1 is 1.11 bits per heavy atom. The van der Waals surface area contributed by atoms with Gasteiger partial charge in [-0.3, -0.25) is 4.79 Å². The Bertz CT molecular complexity index is 816. The number of carbonyl (C=O) groups excluding carboxylic acids is 1. The lowest BCUT2D eigenvalue weighted by Gasteiger charge is -2.29. The summed E-state index contributed by atoms with van der Waals surface area (Å²) in [6.45, 7) is 4.27. The Kier molecular flexibility index (Phi) is 5.27. The van der Waals surface area contributed by atoms with Crippen molar-refractivity contribution in [2.45, 2.75) is 13.2 Å². The molecule has 27 heavy (non-hydrogen) atoms. The van der Waals surface area contributed by atoms with Gasteiger partial charge in [0, 0.05) is 30.0 Å². The van der Waals surface area contributed by atoms with Crippen LogP contribution < -0.4 is 15.5 Å². The number of rotatable bonds is 3. The van der Waals surface area contributed by atoms with Crippen molar-refractivity contribution in [1.82, 2.24) is 0 Å². The van der Waals surface area contributed by atoms with Crippen LogP contribution in [-0.2, 0) is 4.74 Å². The molecular weight excluding hydrogens is 359 g/mol. The van der Waals surface area contributed by atoms with Gasteiger partial charge < -0.3 is 15.4 Å². The largest absolute Gasteiger partial charge is 0.491 e. The number of benzene rings is 2. The van der Waals surface area contributed by atoms with Gasteiger partial charge >= 0.3 is 6.30 Å². The maximum atomic E-state index is 13.6. The van der Waals surface area contributed by atoms with Gasteiger partial charge in [0.1, 0.15) is 0 Å². The van der Waals surface area contributed by atoms with E-state index in [1.807, 2.05) is 0 Å². The number of carbonyl (C=O) groups is 1. The fourth-order valence-electron chi connectivity index (χ4n) is 2.91. The molecule has 8 heteroatoms. The third-order valence-electron chi connectivity index (χ3n) is 4.47. The highest BCUT2D eigenvalue weighted by molar-refractivity contribution is 6.07. The van der Waals surface area contributed by atoms with Gasteiger partial charge in [0.05, 0.1) is 18.9 Å². The molecule has 144 valence electrons. The molecule has 1 saturated heterocycles. The first-order valence-electron chi connectivity index (χ1n) is 8.47. The molecule has 1 aliphatic rings. The number of ether oxygens (including phenoxy) is 1. The van der Waals surface area contributed by atoms with E-state index < -0.39 is 12.2 Å². The van der Waals surface area contributed by atoms with E-state index in [1.165, 1.54) is 24.3 Å². The van der Waals surface area contributed by atoms with E-state index in [9.17, 15) is 18.0 Å². The Morgan fingerprint density at radius 3 is 2.30 bits per heavy atom. The zero-order valence-electron chi connectivity index (χ0n) is 14.8. The van der Waals surface area contributed by atoms with E-state index >= 15 is 0 Å². The number of aryl methyl sites for hydroxylation is 1. The van der Waals surface area contributed by atoms with Crippen molar-refractivity contribution in [3.63, 3.8) is 0 Å². The van der Waals surface area contributed by atoms with Crippen LogP contribution in [0.2, 0.25) is 0 Å². The fraction of sp³-hybridized carbons (Fsp3) is 0.316. The number of hydrogen-bond donors (Lipinski definition) is 1. The van der Waals surface area contributed by atoms with Gasteiger partial charge in [-0.1, -0.05) is 6.07 Å². The van der Waals surface area contributed by atoms with E-state index in [1.54, 1.807) is 19.1 Å². The molecule has 2 N–H and O–H groups in total. The van der Waals surface area contributed by atoms with Crippen LogP contribution in [0.5, 0.6) is 0 Å². The van der Waals surface area contributed by atoms with Crippen molar-refractivity contribution < 1.29 is 22.7 Å². The van der Waals surface area contributed by atoms with Gasteiger partial charge in [0.2, 0.25) is 0 Å². The summed E-state index contributed by atoms with van der Waals surface area (Å²) >= 11 is 0. The maximum absolute atomic E-state index is 13.6. The third kappa shape index (κ3) is 4.16. The maximum Gasteiger partial charge on any atom is 0.491 e. The summed E-state index contributed by atoms with van der Waals surface area (Å²) in [6.07, 6.45) is -4.87. The van der Waals surface area contributed by atoms with Crippen molar-refractivity contribution in [2.24, 2.45) is 0 Å². The zero-order chi connectivity index (χ0) is 19.6. The normalized spacial score (nSPS) is 14.9. The standard InChI is InChI=1S/C19H20F3N3O2/c1-13-2-5-16(12-17(13)23)25(19(20,21)22)18(26)14-3-6-15(7-4-14)24-8-10-27-11-9-24/h2-7,12H,8-11,23H2,1H3. The van der Waals surface area contributed by atoms with Crippen LogP contribution >= 0.6 is 0 Å². The second kappa shape index (κ2) is 7.48. The molecule has 1 fully saturated rings. The minimum Gasteiger partial charge on any atom is -0.398 e. The predicted octanol–water partition coefficient (Wildman–Crippen LogP) is 3.58. The number of amides is 1. The molecule has 0 atom stereocenters.